The van der Waals surface area contributed by atoms with E-state index in [1.807, 2.05) is 0 Å². The summed E-state index contributed by atoms with van der Waals surface area (Å²) in [5.74, 6) is -1.46. The minimum atomic E-state index is -3.03. The third-order valence-electron chi connectivity index (χ3n) is 3.93. The normalized spacial score (nSPS) is 18.2. The number of nitrogens with one attached hydrogen (secondary N) is 2. The van der Waals surface area contributed by atoms with Gasteiger partial charge in [-0.25, -0.2) is 18.1 Å². The van der Waals surface area contributed by atoms with Gasteiger partial charge in [-0.15, -0.1) is 0 Å². The zero-order valence-electron chi connectivity index (χ0n) is 13.9. The second-order valence-corrected chi connectivity index (χ2v) is 9.14. The highest BCUT2D eigenvalue weighted by Crippen LogP contribution is 2.22. The Labute approximate surface area is 165 Å². The Bertz CT molecular complexity index is 992. The van der Waals surface area contributed by atoms with E-state index in [0.717, 1.165) is 0 Å². The number of carbonyl (C=O) groups is 2. The molecule has 9 nitrogen and oxygen atoms in total. The summed E-state index contributed by atoms with van der Waals surface area (Å²) in [5.41, 5.74) is 0.270. The second-order valence-electron chi connectivity index (χ2n) is 6.07. The maximum Gasteiger partial charge on any atom is 0.313 e. The lowest BCUT2D eigenvalue weighted by Crippen LogP contribution is -2.38. The fraction of sp³-hybridized carbons (Fsp3) is 0.333. The molecular weight excluding hydrogens is 417 g/mol. The van der Waals surface area contributed by atoms with Gasteiger partial charge in [0.1, 0.15) is 0 Å². The van der Waals surface area contributed by atoms with Gasteiger partial charge in [0.2, 0.25) is 0 Å². The molecule has 1 atom stereocenters. The SMILES string of the molecule is O=C(NCC1CCS(=O)(=O)C1)C(=O)Nc1cnn(-c2ncc(Cl)cc2Cl)c1. The highest BCUT2D eigenvalue weighted by Gasteiger charge is 2.28. The van der Waals surface area contributed by atoms with Gasteiger partial charge in [-0.3, -0.25) is 9.59 Å². The average Bonchev–Trinajstić information content (AvgIpc) is 3.18. The lowest BCUT2D eigenvalue weighted by atomic mass is 10.1. The standard InChI is InChI=1S/C15H15Cl2N5O4S/c16-10-3-12(17)13(18-5-10)22-7-11(6-20-22)21-15(24)14(23)19-4-9-1-2-27(25,26)8-9/h3,5-7,9H,1-2,4,8H2,(H,19,23)(H,21,24). The average molecular weight is 432 g/mol. The van der Waals surface area contributed by atoms with Crippen LogP contribution in [0.15, 0.2) is 24.7 Å². The van der Waals surface area contributed by atoms with Crippen LogP contribution in [0.1, 0.15) is 6.42 Å². The smallest absolute Gasteiger partial charge is 0.313 e. The molecule has 0 bridgehead atoms. The van der Waals surface area contributed by atoms with Gasteiger partial charge in [-0.05, 0) is 18.4 Å². The van der Waals surface area contributed by atoms with E-state index in [4.69, 9.17) is 23.2 Å². The summed E-state index contributed by atoms with van der Waals surface area (Å²) < 4.78 is 24.1. The monoisotopic (exact) mass is 431 g/mol. The highest BCUT2D eigenvalue weighted by molar-refractivity contribution is 7.91. The quantitative estimate of drug-likeness (QED) is 0.697. The summed E-state index contributed by atoms with van der Waals surface area (Å²) >= 11 is 11.8. The molecule has 1 saturated heterocycles. The predicted octanol–water partition coefficient (Wildman–Crippen LogP) is 1.06. The van der Waals surface area contributed by atoms with Gasteiger partial charge in [0, 0.05) is 12.7 Å². The van der Waals surface area contributed by atoms with Gasteiger partial charge in [0.05, 0.1) is 39.6 Å². The number of halogens is 2. The first-order chi connectivity index (χ1) is 12.7. The van der Waals surface area contributed by atoms with Crippen LogP contribution < -0.4 is 10.6 Å². The number of sulfone groups is 1. The lowest BCUT2D eigenvalue weighted by Gasteiger charge is -2.09. The maximum absolute atomic E-state index is 12.0. The molecule has 3 heterocycles. The third-order valence-corrected chi connectivity index (χ3v) is 6.25. The molecule has 3 rings (SSSR count). The largest absolute Gasteiger partial charge is 0.348 e. The van der Waals surface area contributed by atoms with Crippen LogP contribution in [0.4, 0.5) is 5.69 Å². The summed E-state index contributed by atoms with van der Waals surface area (Å²) in [7, 11) is -3.03. The Morgan fingerprint density at radius 3 is 2.70 bits per heavy atom. The van der Waals surface area contributed by atoms with E-state index in [2.05, 4.69) is 20.7 Å². The third kappa shape index (κ3) is 4.96. The van der Waals surface area contributed by atoms with Crippen LogP contribution in [0.25, 0.3) is 5.82 Å². The number of nitrogens with zero attached hydrogens (tertiary/aromatic N) is 3. The molecule has 2 amide bonds. The van der Waals surface area contributed by atoms with Gasteiger partial charge < -0.3 is 10.6 Å². The first-order valence-corrected chi connectivity index (χ1v) is 10.5. The number of amides is 2. The molecule has 2 aromatic heterocycles. The van der Waals surface area contributed by atoms with Crippen molar-refractivity contribution in [3.05, 3.63) is 34.7 Å². The fourth-order valence-corrected chi connectivity index (χ4v) is 4.95. The highest BCUT2D eigenvalue weighted by atomic mass is 35.5. The fourth-order valence-electron chi connectivity index (χ4n) is 2.62. The summed E-state index contributed by atoms with van der Waals surface area (Å²) in [5, 5.41) is 9.52. The number of rotatable bonds is 4. The number of carbonyl (C=O) groups excluding carboxylic acids is 2. The molecule has 0 aromatic carbocycles. The summed E-state index contributed by atoms with van der Waals surface area (Å²) in [6, 6.07) is 1.50. The van der Waals surface area contributed by atoms with E-state index < -0.39 is 21.7 Å². The number of hydrogen-bond donors (Lipinski definition) is 2. The lowest BCUT2D eigenvalue weighted by molar-refractivity contribution is -0.136. The van der Waals surface area contributed by atoms with Crippen molar-refractivity contribution >= 4 is 50.5 Å². The predicted molar refractivity (Wildman–Crippen MR) is 99.8 cm³/mol. The first kappa shape index (κ1) is 19.6. The topological polar surface area (TPSA) is 123 Å². The van der Waals surface area contributed by atoms with Crippen molar-refractivity contribution in [2.24, 2.45) is 5.92 Å². The Morgan fingerprint density at radius 2 is 2.04 bits per heavy atom. The van der Waals surface area contributed by atoms with Crippen LogP contribution in [0.5, 0.6) is 0 Å². The summed E-state index contributed by atoms with van der Waals surface area (Å²) in [6.07, 6.45) is 4.66. The number of aromatic nitrogens is 3. The van der Waals surface area contributed by atoms with Crippen LogP contribution in [0, 0.1) is 5.92 Å². The molecular formula is C15H15Cl2N5O4S. The van der Waals surface area contributed by atoms with Gasteiger partial charge >= 0.3 is 11.8 Å². The van der Waals surface area contributed by atoms with Crippen molar-refractivity contribution in [3.8, 4) is 5.82 Å². The van der Waals surface area contributed by atoms with Crippen molar-refractivity contribution in [1.29, 1.82) is 0 Å². The van der Waals surface area contributed by atoms with E-state index in [1.165, 1.54) is 29.3 Å². The molecule has 0 saturated carbocycles. The van der Waals surface area contributed by atoms with E-state index in [-0.39, 0.29) is 34.7 Å². The molecule has 27 heavy (non-hydrogen) atoms. The minimum Gasteiger partial charge on any atom is -0.348 e. The van der Waals surface area contributed by atoms with Crippen molar-refractivity contribution in [3.63, 3.8) is 0 Å². The zero-order chi connectivity index (χ0) is 19.6. The van der Waals surface area contributed by atoms with Crippen molar-refractivity contribution in [2.75, 3.05) is 23.4 Å². The molecule has 144 valence electrons. The number of anilines is 1. The first-order valence-electron chi connectivity index (χ1n) is 7.89. The zero-order valence-corrected chi connectivity index (χ0v) is 16.2. The van der Waals surface area contributed by atoms with Gasteiger partial charge in [0.25, 0.3) is 0 Å². The molecule has 12 heteroatoms. The van der Waals surface area contributed by atoms with E-state index >= 15 is 0 Å². The Kier molecular flexibility index (Phi) is 5.68. The van der Waals surface area contributed by atoms with E-state index in [1.54, 1.807) is 0 Å². The molecule has 2 aromatic rings. The number of hydrogen-bond acceptors (Lipinski definition) is 6. The van der Waals surface area contributed by atoms with Crippen LogP contribution in [-0.4, -0.2) is 53.0 Å². The van der Waals surface area contributed by atoms with Crippen molar-refractivity contribution in [2.45, 2.75) is 6.42 Å². The van der Waals surface area contributed by atoms with Gasteiger partial charge in [-0.2, -0.15) is 5.10 Å². The van der Waals surface area contributed by atoms with Crippen LogP contribution in [0.3, 0.4) is 0 Å². The van der Waals surface area contributed by atoms with Crippen LogP contribution >= 0.6 is 23.2 Å². The van der Waals surface area contributed by atoms with Crippen molar-refractivity contribution < 1.29 is 18.0 Å². The Morgan fingerprint density at radius 1 is 1.26 bits per heavy atom. The molecule has 1 aliphatic rings. The minimum absolute atomic E-state index is 0.0243. The molecule has 1 aliphatic heterocycles. The van der Waals surface area contributed by atoms with Gasteiger partial charge in [0.15, 0.2) is 15.7 Å². The van der Waals surface area contributed by atoms with Crippen molar-refractivity contribution in [1.82, 2.24) is 20.1 Å². The van der Waals surface area contributed by atoms with Crippen LogP contribution in [-0.2, 0) is 19.4 Å². The summed E-state index contributed by atoms with van der Waals surface area (Å²) in [4.78, 5) is 27.9. The van der Waals surface area contributed by atoms with E-state index in [0.29, 0.717) is 17.3 Å². The molecule has 1 fully saturated rings. The summed E-state index contributed by atoms with van der Waals surface area (Å²) in [6.45, 7) is 0.134. The van der Waals surface area contributed by atoms with Gasteiger partial charge in [-0.1, -0.05) is 23.2 Å². The second kappa shape index (κ2) is 7.83. The molecule has 0 aliphatic carbocycles. The Hall–Kier alpha value is -2.17. The Balaban J connectivity index is 1.56. The number of pyridine rings is 1. The van der Waals surface area contributed by atoms with Crippen LogP contribution in [0.2, 0.25) is 10.0 Å². The molecule has 0 spiro atoms. The molecule has 2 N–H and O–H groups in total. The van der Waals surface area contributed by atoms with E-state index in [9.17, 15) is 18.0 Å². The molecule has 0 radical (unpaired) electrons. The maximum atomic E-state index is 12.0. The molecule has 1 unspecified atom stereocenters.